The van der Waals surface area contributed by atoms with Crippen molar-refractivity contribution in [2.24, 2.45) is 0 Å². The van der Waals surface area contributed by atoms with Gasteiger partial charge in [-0.05, 0) is 43.5 Å². The topological polar surface area (TPSA) is 66.5 Å². The van der Waals surface area contributed by atoms with E-state index in [4.69, 9.17) is 0 Å². The fourth-order valence-corrected chi connectivity index (χ4v) is 4.94. The normalized spacial score (nSPS) is 12.4. The number of aryl methyl sites for hydroxylation is 2. The van der Waals surface area contributed by atoms with Crippen molar-refractivity contribution >= 4 is 33.4 Å². The van der Waals surface area contributed by atoms with Crippen LogP contribution in [0.3, 0.4) is 0 Å². The molecule has 2 rings (SSSR count). The third kappa shape index (κ3) is 6.27. The fourth-order valence-electron chi connectivity index (χ4n) is 2.90. The highest BCUT2D eigenvalue weighted by molar-refractivity contribution is 7.98. The summed E-state index contributed by atoms with van der Waals surface area (Å²) < 4.78 is 26.0. The summed E-state index contributed by atoms with van der Waals surface area (Å²) in [5, 5.41) is 2.86. The summed E-state index contributed by atoms with van der Waals surface area (Å²) in [6.07, 6.45) is 1.13. The number of carbonyl (C=O) groups is 1. The summed E-state index contributed by atoms with van der Waals surface area (Å²) in [6.45, 7) is 5.86. The van der Waals surface area contributed by atoms with Gasteiger partial charge in [0.2, 0.25) is 15.9 Å². The van der Waals surface area contributed by atoms with E-state index >= 15 is 0 Å². The number of amides is 1. The van der Waals surface area contributed by atoms with Gasteiger partial charge in [-0.15, -0.1) is 0 Å². The molecule has 5 nitrogen and oxygen atoms in total. The van der Waals surface area contributed by atoms with E-state index in [0.29, 0.717) is 12.2 Å². The molecule has 0 spiro atoms. The highest BCUT2D eigenvalue weighted by Gasteiger charge is 2.29. The zero-order valence-electron chi connectivity index (χ0n) is 16.8. The van der Waals surface area contributed by atoms with Crippen LogP contribution in [-0.4, -0.2) is 38.9 Å². The van der Waals surface area contributed by atoms with Crippen molar-refractivity contribution in [1.29, 1.82) is 0 Å². The highest BCUT2D eigenvalue weighted by atomic mass is 32.2. The zero-order valence-corrected chi connectivity index (χ0v) is 18.4. The summed E-state index contributed by atoms with van der Waals surface area (Å²) in [5.41, 5.74) is 3.54. The van der Waals surface area contributed by atoms with Crippen LogP contribution < -0.4 is 9.62 Å². The van der Waals surface area contributed by atoms with Crippen molar-refractivity contribution in [1.82, 2.24) is 5.32 Å². The summed E-state index contributed by atoms with van der Waals surface area (Å²) in [5.74, 6) is 1.34. The van der Waals surface area contributed by atoms with Gasteiger partial charge < -0.3 is 5.32 Å². The summed E-state index contributed by atoms with van der Waals surface area (Å²) in [7, 11) is -3.61. The molecule has 2 aromatic rings. The van der Waals surface area contributed by atoms with Crippen LogP contribution in [0, 0.1) is 13.8 Å². The van der Waals surface area contributed by atoms with Gasteiger partial charge in [0.25, 0.3) is 0 Å². The number of hydrogen-bond acceptors (Lipinski definition) is 4. The van der Waals surface area contributed by atoms with Gasteiger partial charge >= 0.3 is 0 Å². The van der Waals surface area contributed by atoms with E-state index in [2.05, 4.69) is 17.4 Å². The Labute approximate surface area is 172 Å². The Morgan fingerprint density at radius 1 is 1.14 bits per heavy atom. The molecule has 0 fully saturated rings. The summed E-state index contributed by atoms with van der Waals surface area (Å²) in [4.78, 5) is 12.6. The molecule has 1 atom stereocenters. The van der Waals surface area contributed by atoms with Crippen molar-refractivity contribution in [2.75, 3.05) is 22.9 Å². The van der Waals surface area contributed by atoms with Gasteiger partial charge in [-0.25, -0.2) is 8.42 Å². The molecule has 0 saturated heterocycles. The minimum Gasteiger partial charge on any atom is -0.353 e. The van der Waals surface area contributed by atoms with Crippen molar-refractivity contribution in [3.63, 3.8) is 0 Å². The first-order valence-corrected chi connectivity index (χ1v) is 12.2. The lowest BCUT2D eigenvalue weighted by molar-refractivity contribution is -0.121. The standard InChI is InChI=1S/C21H28N2O3S2/c1-16-10-11-17(2)20(14-16)23(28(4,25)26)18(3)21(24)22-12-13-27-15-19-8-6-5-7-9-19/h5-11,14,18H,12-13,15H2,1-4H3,(H,22,24)/t18-/m0/s1. The van der Waals surface area contributed by atoms with Gasteiger partial charge in [-0.3, -0.25) is 9.10 Å². The van der Waals surface area contributed by atoms with E-state index in [1.165, 1.54) is 9.87 Å². The Morgan fingerprint density at radius 2 is 1.82 bits per heavy atom. The molecule has 0 aliphatic heterocycles. The minimum absolute atomic E-state index is 0.299. The molecule has 2 aromatic carbocycles. The first-order chi connectivity index (χ1) is 13.2. The van der Waals surface area contributed by atoms with Crippen LogP contribution in [0.25, 0.3) is 0 Å². The average molecular weight is 421 g/mol. The van der Waals surface area contributed by atoms with E-state index in [-0.39, 0.29) is 5.91 Å². The summed E-state index contributed by atoms with van der Waals surface area (Å²) >= 11 is 1.73. The number of anilines is 1. The van der Waals surface area contributed by atoms with Crippen molar-refractivity contribution in [3.8, 4) is 0 Å². The Morgan fingerprint density at radius 3 is 2.46 bits per heavy atom. The van der Waals surface area contributed by atoms with Crippen molar-refractivity contribution in [3.05, 3.63) is 65.2 Å². The molecule has 0 aliphatic rings. The molecule has 0 bridgehead atoms. The molecule has 0 aliphatic carbocycles. The number of sulfonamides is 1. The predicted octanol–water partition coefficient (Wildman–Crippen LogP) is 3.51. The van der Waals surface area contributed by atoms with E-state index in [0.717, 1.165) is 28.9 Å². The van der Waals surface area contributed by atoms with Crippen molar-refractivity contribution in [2.45, 2.75) is 32.6 Å². The number of nitrogens with one attached hydrogen (secondary N) is 1. The highest BCUT2D eigenvalue weighted by Crippen LogP contribution is 2.26. The van der Waals surface area contributed by atoms with Crippen LogP contribution in [0.15, 0.2) is 48.5 Å². The van der Waals surface area contributed by atoms with Gasteiger partial charge in [0.15, 0.2) is 0 Å². The van der Waals surface area contributed by atoms with Gasteiger partial charge in [-0.1, -0.05) is 42.5 Å². The minimum atomic E-state index is -3.61. The molecule has 152 valence electrons. The third-order valence-corrected chi connectivity index (χ3v) is 6.61. The molecule has 0 heterocycles. The second-order valence-electron chi connectivity index (χ2n) is 6.85. The number of nitrogens with zero attached hydrogens (tertiary/aromatic N) is 1. The van der Waals surface area contributed by atoms with E-state index in [9.17, 15) is 13.2 Å². The number of benzene rings is 2. The monoisotopic (exact) mass is 420 g/mol. The summed E-state index contributed by atoms with van der Waals surface area (Å²) in [6, 6.07) is 14.9. The second kappa shape index (κ2) is 9.98. The SMILES string of the molecule is Cc1ccc(C)c(N([C@@H](C)C(=O)NCCSCc2ccccc2)S(C)(=O)=O)c1. The van der Waals surface area contributed by atoms with Gasteiger partial charge in [0, 0.05) is 18.1 Å². The fraction of sp³-hybridized carbons (Fsp3) is 0.381. The molecular formula is C21H28N2O3S2. The van der Waals surface area contributed by atoms with Gasteiger partial charge in [0.05, 0.1) is 11.9 Å². The number of thioether (sulfide) groups is 1. The maximum atomic E-state index is 12.6. The lowest BCUT2D eigenvalue weighted by Crippen LogP contribution is -2.48. The van der Waals surface area contributed by atoms with Crippen LogP contribution in [-0.2, 0) is 20.6 Å². The molecule has 28 heavy (non-hydrogen) atoms. The Balaban J connectivity index is 1.97. The number of hydrogen-bond donors (Lipinski definition) is 1. The lowest BCUT2D eigenvalue weighted by atomic mass is 10.1. The quantitative estimate of drug-likeness (QED) is 0.631. The molecule has 1 amide bonds. The molecule has 7 heteroatoms. The van der Waals surface area contributed by atoms with E-state index in [1.807, 2.05) is 44.2 Å². The maximum Gasteiger partial charge on any atom is 0.243 e. The van der Waals surface area contributed by atoms with Crippen LogP contribution >= 0.6 is 11.8 Å². The van der Waals surface area contributed by atoms with Gasteiger partial charge in [0.1, 0.15) is 6.04 Å². The maximum absolute atomic E-state index is 12.6. The first kappa shape index (κ1) is 22.3. The molecular weight excluding hydrogens is 392 g/mol. The Bertz CT molecular complexity index is 899. The van der Waals surface area contributed by atoms with Crippen LogP contribution in [0.2, 0.25) is 0 Å². The van der Waals surface area contributed by atoms with Gasteiger partial charge in [-0.2, -0.15) is 11.8 Å². The predicted molar refractivity (Wildman–Crippen MR) is 118 cm³/mol. The van der Waals surface area contributed by atoms with Crippen LogP contribution in [0.4, 0.5) is 5.69 Å². The van der Waals surface area contributed by atoms with Crippen LogP contribution in [0.5, 0.6) is 0 Å². The number of carbonyl (C=O) groups excluding carboxylic acids is 1. The van der Waals surface area contributed by atoms with Crippen LogP contribution in [0.1, 0.15) is 23.6 Å². The van der Waals surface area contributed by atoms with Crippen molar-refractivity contribution < 1.29 is 13.2 Å². The Hall–Kier alpha value is -1.99. The average Bonchev–Trinajstić information content (AvgIpc) is 2.64. The second-order valence-corrected chi connectivity index (χ2v) is 9.82. The number of rotatable bonds is 9. The zero-order chi connectivity index (χ0) is 20.7. The largest absolute Gasteiger partial charge is 0.353 e. The third-order valence-electron chi connectivity index (χ3n) is 4.35. The molecule has 1 N–H and O–H groups in total. The van der Waals surface area contributed by atoms with E-state index < -0.39 is 16.1 Å². The Kier molecular flexibility index (Phi) is 7.95. The lowest BCUT2D eigenvalue weighted by Gasteiger charge is -2.29. The molecule has 0 saturated carbocycles. The molecule has 0 unspecified atom stereocenters. The van der Waals surface area contributed by atoms with E-state index in [1.54, 1.807) is 24.8 Å². The first-order valence-electron chi connectivity index (χ1n) is 9.16. The smallest absolute Gasteiger partial charge is 0.243 e. The molecule has 0 aromatic heterocycles. The molecule has 0 radical (unpaired) electrons.